The van der Waals surface area contributed by atoms with E-state index in [-0.39, 0.29) is 5.91 Å². The molecule has 0 spiro atoms. The molecule has 0 heterocycles. The lowest BCUT2D eigenvalue weighted by molar-refractivity contribution is -0.111. The van der Waals surface area contributed by atoms with E-state index in [0.717, 1.165) is 16.9 Å². The van der Waals surface area contributed by atoms with Crippen LogP contribution in [-0.2, 0) is 11.4 Å². The molecule has 0 aliphatic carbocycles. The van der Waals surface area contributed by atoms with Crippen LogP contribution in [0.1, 0.15) is 18.1 Å². The van der Waals surface area contributed by atoms with Crippen molar-refractivity contribution < 1.29 is 14.3 Å². The van der Waals surface area contributed by atoms with Crippen LogP contribution >= 0.6 is 0 Å². The van der Waals surface area contributed by atoms with Crippen molar-refractivity contribution in [1.82, 2.24) is 0 Å². The molecule has 3 aromatic rings. The van der Waals surface area contributed by atoms with Crippen molar-refractivity contribution in [3.05, 3.63) is 96.1 Å². The highest BCUT2D eigenvalue weighted by Gasteiger charge is 2.04. The number of hydrogen-bond acceptors (Lipinski definition) is 3. The van der Waals surface area contributed by atoms with Crippen LogP contribution in [0.3, 0.4) is 0 Å². The first-order valence-corrected chi connectivity index (χ1v) is 9.22. The monoisotopic (exact) mass is 373 g/mol. The van der Waals surface area contributed by atoms with Gasteiger partial charge in [0.2, 0.25) is 5.91 Å². The van der Waals surface area contributed by atoms with Crippen molar-refractivity contribution in [2.45, 2.75) is 13.5 Å². The number of carbonyl (C=O) groups is 1. The lowest BCUT2D eigenvalue weighted by Crippen LogP contribution is -2.09. The number of nitrogens with one attached hydrogen (secondary N) is 1. The average molecular weight is 373 g/mol. The Balaban J connectivity index is 1.54. The summed E-state index contributed by atoms with van der Waals surface area (Å²) in [6, 6.07) is 25.0. The van der Waals surface area contributed by atoms with E-state index >= 15 is 0 Å². The van der Waals surface area contributed by atoms with Crippen molar-refractivity contribution in [2.75, 3.05) is 11.9 Å². The SMILES string of the molecule is CCOc1ccccc1NC(=O)C=Cc1ccc(OCc2ccccc2)cc1. The summed E-state index contributed by atoms with van der Waals surface area (Å²) in [4.78, 5) is 12.2. The second-order valence-corrected chi connectivity index (χ2v) is 6.10. The van der Waals surface area contributed by atoms with Crippen LogP contribution in [0, 0.1) is 0 Å². The molecule has 0 aromatic heterocycles. The zero-order valence-electron chi connectivity index (χ0n) is 15.8. The topological polar surface area (TPSA) is 47.6 Å². The van der Waals surface area contributed by atoms with Crippen molar-refractivity contribution in [3.63, 3.8) is 0 Å². The highest BCUT2D eigenvalue weighted by Crippen LogP contribution is 2.23. The Morgan fingerprint density at radius 1 is 0.893 bits per heavy atom. The molecule has 3 aromatic carbocycles. The second kappa shape index (κ2) is 9.97. The third-order valence-corrected chi connectivity index (χ3v) is 4.00. The summed E-state index contributed by atoms with van der Waals surface area (Å²) in [6.45, 7) is 2.98. The predicted octanol–water partition coefficient (Wildman–Crippen LogP) is 5.32. The van der Waals surface area contributed by atoms with E-state index in [1.54, 1.807) is 6.08 Å². The summed E-state index contributed by atoms with van der Waals surface area (Å²) in [6.07, 6.45) is 3.27. The Hall–Kier alpha value is -3.53. The van der Waals surface area contributed by atoms with Crippen LogP contribution in [-0.4, -0.2) is 12.5 Å². The van der Waals surface area contributed by atoms with E-state index in [4.69, 9.17) is 9.47 Å². The Kier molecular flexibility index (Phi) is 6.85. The van der Waals surface area contributed by atoms with E-state index in [9.17, 15) is 4.79 Å². The molecule has 0 radical (unpaired) electrons. The molecule has 3 rings (SSSR count). The van der Waals surface area contributed by atoms with E-state index in [1.165, 1.54) is 6.08 Å². The fourth-order valence-electron chi connectivity index (χ4n) is 2.61. The van der Waals surface area contributed by atoms with E-state index in [1.807, 2.05) is 85.8 Å². The van der Waals surface area contributed by atoms with Crippen LogP contribution in [0.15, 0.2) is 84.9 Å². The molecule has 0 bridgehead atoms. The second-order valence-electron chi connectivity index (χ2n) is 6.10. The molecule has 0 saturated carbocycles. The van der Waals surface area contributed by atoms with Gasteiger partial charge in [-0.05, 0) is 48.4 Å². The van der Waals surface area contributed by atoms with Gasteiger partial charge in [0.1, 0.15) is 18.1 Å². The Morgan fingerprint density at radius 3 is 2.36 bits per heavy atom. The third-order valence-electron chi connectivity index (χ3n) is 4.00. The van der Waals surface area contributed by atoms with Crippen molar-refractivity contribution in [3.8, 4) is 11.5 Å². The number of amides is 1. The first-order chi connectivity index (χ1) is 13.7. The molecular weight excluding hydrogens is 350 g/mol. The zero-order valence-corrected chi connectivity index (χ0v) is 15.8. The predicted molar refractivity (Wildman–Crippen MR) is 112 cm³/mol. The normalized spacial score (nSPS) is 10.6. The van der Waals surface area contributed by atoms with Gasteiger partial charge in [-0.25, -0.2) is 0 Å². The molecule has 0 aliphatic rings. The highest BCUT2D eigenvalue weighted by atomic mass is 16.5. The van der Waals surface area contributed by atoms with Crippen LogP contribution in [0.2, 0.25) is 0 Å². The number of benzene rings is 3. The lowest BCUT2D eigenvalue weighted by Gasteiger charge is -2.09. The van der Waals surface area contributed by atoms with Crippen LogP contribution in [0.5, 0.6) is 11.5 Å². The number of rotatable bonds is 8. The number of ether oxygens (including phenoxy) is 2. The van der Waals surface area contributed by atoms with Gasteiger partial charge in [-0.15, -0.1) is 0 Å². The van der Waals surface area contributed by atoms with Gasteiger partial charge in [0, 0.05) is 6.08 Å². The maximum Gasteiger partial charge on any atom is 0.248 e. The summed E-state index contributed by atoms with van der Waals surface area (Å²) < 4.78 is 11.3. The molecule has 1 N–H and O–H groups in total. The largest absolute Gasteiger partial charge is 0.492 e. The fraction of sp³-hybridized carbons (Fsp3) is 0.125. The molecule has 1 amide bonds. The minimum atomic E-state index is -0.212. The maximum absolute atomic E-state index is 12.2. The molecule has 0 atom stereocenters. The number of anilines is 1. The van der Waals surface area contributed by atoms with Gasteiger partial charge in [-0.1, -0.05) is 54.6 Å². The Labute approximate surface area is 165 Å². The summed E-state index contributed by atoms with van der Waals surface area (Å²) in [5.41, 5.74) is 2.69. The molecule has 0 unspecified atom stereocenters. The summed E-state index contributed by atoms with van der Waals surface area (Å²) in [5, 5.41) is 2.84. The summed E-state index contributed by atoms with van der Waals surface area (Å²) in [5.74, 6) is 1.24. The number of hydrogen-bond donors (Lipinski definition) is 1. The maximum atomic E-state index is 12.2. The van der Waals surface area contributed by atoms with Crippen molar-refractivity contribution in [1.29, 1.82) is 0 Å². The molecule has 4 nitrogen and oxygen atoms in total. The van der Waals surface area contributed by atoms with Gasteiger partial charge in [0.15, 0.2) is 0 Å². The summed E-state index contributed by atoms with van der Waals surface area (Å²) >= 11 is 0. The quantitative estimate of drug-likeness (QED) is 0.544. The fourth-order valence-corrected chi connectivity index (χ4v) is 2.61. The third kappa shape index (κ3) is 5.74. The standard InChI is InChI=1S/C24H23NO3/c1-2-27-23-11-7-6-10-22(23)25-24(26)17-14-19-12-15-21(16-13-19)28-18-20-8-4-3-5-9-20/h3-17H,2,18H2,1H3,(H,25,26). The van der Waals surface area contributed by atoms with Crippen LogP contribution in [0.25, 0.3) is 6.08 Å². The molecule has 0 fully saturated rings. The molecule has 142 valence electrons. The highest BCUT2D eigenvalue weighted by molar-refractivity contribution is 6.02. The first-order valence-electron chi connectivity index (χ1n) is 9.22. The van der Waals surface area contributed by atoms with Gasteiger partial charge in [-0.2, -0.15) is 0 Å². The van der Waals surface area contributed by atoms with E-state index < -0.39 is 0 Å². The Morgan fingerprint density at radius 2 is 1.61 bits per heavy atom. The number of carbonyl (C=O) groups excluding carboxylic acids is 1. The minimum Gasteiger partial charge on any atom is -0.492 e. The zero-order chi connectivity index (χ0) is 19.6. The molecule has 0 saturated heterocycles. The van der Waals surface area contributed by atoms with Gasteiger partial charge in [0.25, 0.3) is 0 Å². The van der Waals surface area contributed by atoms with Crippen molar-refractivity contribution >= 4 is 17.7 Å². The lowest BCUT2D eigenvalue weighted by atomic mass is 10.2. The molecule has 4 heteroatoms. The van der Waals surface area contributed by atoms with Crippen LogP contribution in [0.4, 0.5) is 5.69 Å². The van der Waals surface area contributed by atoms with Gasteiger partial charge in [0.05, 0.1) is 12.3 Å². The summed E-state index contributed by atoms with van der Waals surface area (Å²) in [7, 11) is 0. The number of para-hydroxylation sites is 2. The minimum absolute atomic E-state index is 0.212. The van der Waals surface area contributed by atoms with Crippen molar-refractivity contribution in [2.24, 2.45) is 0 Å². The molecule has 0 aliphatic heterocycles. The molecular formula is C24H23NO3. The van der Waals surface area contributed by atoms with Gasteiger partial charge < -0.3 is 14.8 Å². The smallest absolute Gasteiger partial charge is 0.248 e. The van der Waals surface area contributed by atoms with Crippen LogP contribution < -0.4 is 14.8 Å². The van der Waals surface area contributed by atoms with E-state index in [2.05, 4.69) is 5.32 Å². The average Bonchev–Trinajstić information content (AvgIpc) is 2.74. The first kappa shape index (κ1) is 19.2. The molecule has 28 heavy (non-hydrogen) atoms. The Bertz CT molecular complexity index is 918. The van der Waals surface area contributed by atoms with E-state index in [0.29, 0.717) is 24.7 Å². The van der Waals surface area contributed by atoms with Gasteiger partial charge >= 0.3 is 0 Å². The van der Waals surface area contributed by atoms with Gasteiger partial charge in [-0.3, -0.25) is 4.79 Å².